The molecule has 1 aliphatic rings. The maximum absolute atomic E-state index is 13.0. The summed E-state index contributed by atoms with van der Waals surface area (Å²) in [5.41, 5.74) is -0.0259. The second-order valence-electron chi connectivity index (χ2n) is 8.61. The van der Waals surface area contributed by atoms with Gasteiger partial charge in [0.25, 0.3) is 17.4 Å². The molecule has 33 heavy (non-hydrogen) atoms. The van der Waals surface area contributed by atoms with Crippen LogP contribution in [0.5, 0.6) is 5.88 Å². The van der Waals surface area contributed by atoms with Crippen LogP contribution in [0.1, 0.15) is 59.5 Å². The number of benzene rings is 1. The summed E-state index contributed by atoms with van der Waals surface area (Å²) in [5.74, 6) is -1.11. The van der Waals surface area contributed by atoms with E-state index in [0.29, 0.717) is 0 Å². The van der Waals surface area contributed by atoms with Gasteiger partial charge in [0, 0.05) is 18.7 Å². The van der Waals surface area contributed by atoms with Crippen molar-refractivity contribution in [2.24, 2.45) is 22.1 Å². The van der Waals surface area contributed by atoms with Crippen molar-refractivity contribution >= 4 is 23.2 Å². The first-order chi connectivity index (χ1) is 15.1. The Bertz CT molecular complexity index is 1240. The van der Waals surface area contributed by atoms with Gasteiger partial charge in [-0.15, -0.1) is 10.2 Å². The van der Waals surface area contributed by atoms with Crippen LogP contribution in [0.4, 0.5) is 11.4 Å². The Labute approximate surface area is 202 Å². The van der Waals surface area contributed by atoms with Crippen molar-refractivity contribution in [1.82, 2.24) is 9.47 Å². The van der Waals surface area contributed by atoms with Crippen LogP contribution in [0.25, 0.3) is 0 Å². The molecule has 1 N–H and O–H groups in total. The molecule has 1 radical (unpaired) electrons. The number of aromatic nitrogens is 1. The van der Waals surface area contributed by atoms with Crippen LogP contribution < -0.4 is 5.56 Å². The molecule has 0 aliphatic carbocycles. The minimum absolute atomic E-state index is 0. The molecule has 1 aromatic heterocycles. The zero-order valence-electron chi connectivity index (χ0n) is 19.0. The number of carbonyl (C=O) groups excluding carboxylic acids is 2. The topological polar surface area (TPSA) is 128 Å². The predicted octanol–water partition coefficient (Wildman–Crippen LogP) is 4.05. The number of azo groups is 1. The second kappa shape index (κ2) is 10.1. The third-order valence-corrected chi connectivity index (χ3v) is 5.10. The molecule has 0 saturated carbocycles. The Balaban J connectivity index is 0.00000385. The molecule has 3 rings (SSSR count). The molecule has 2 amide bonds. The second-order valence-corrected chi connectivity index (χ2v) is 8.61. The van der Waals surface area contributed by atoms with Gasteiger partial charge in [-0.2, -0.15) is 5.26 Å². The van der Waals surface area contributed by atoms with Crippen LogP contribution in [0, 0.1) is 30.1 Å². The number of nitrogens with zero attached hydrogens (tertiary/aromatic N) is 5. The van der Waals surface area contributed by atoms with Gasteiger partial charge >= 0.3 is 17.1 Å². The molecule has 0 bridgehead atoms. The molecule has 0 atom stereocenters. The average molecular weight is 499 g/mol. The van der Waals surface area contributed by atoms with Crippen LogP contribution in [0.3, 0.4) is 0 Å². The van der Waals surface area contributed by atoms with Crippen LogP contribution in [0.2, 0.25) is 0 Å². The normalized spacial score (nSPS) is 13.1. The third kappa shape index (κ3) is 4.75. The van der Waals surface area contributed by atoms with E-state index in [4.69, 9.17) is 0 Å². The summed E-state index contributed by atoms with van der Waals surface area (Å²) >= 11 is 0. The van der Waals surface area contributed by atoms with E-state index in [2.05, 4.69) is 10.2 Å². The summed E-state index contributed by atoms with van der Waals surface area (Å²) in [6.07, 6.45) is 0. The maximum Gasteiger partial charge on any atom is 2.00 e. The van der Waals surface area contributed by atoms with Gasteiger partial charge in [-0.25, -0.2) is 0 Å². The smallest absolute Gasteiger partial charge is 0.493 e. The van der Waals surface area contributed by atoms with Crippen molar-refractivity contribution < 1.29 is 31.8 Å². The summed E-state index contributed by atoms with van der Waals surface area (Å²) < 4.78 is 1.10. The predicted molar refractivity (Wildman–Crippen MR) is 117 cm³/mol. The summed E-state index contributed by atoms with van der Waals surface area (Å²) in [5, 5.41) is 28.0. The maximum atomic E-state index is 13.0. The number of hydrogen-bond donors (Lipinski definition) is 1. The van der Waals surface area contributed by atoms with Crippen LogP contribution in [-0.4, -0.2) is 32.9 Å². The molecular weight excluding hydrogens is 474 g/mol. The SMILES string of the molecule is Cc1c(C#N)c(O)n(CC(C)C)c(=O)c1N=Nc1cccc2c1C(=O)N(CC(C)C)C2=O.[Cu+2]. The Morgan fingerprint density at radius 3 is 2.24 bits per heavy atom. The number of hydrogen-bond acceptors (Lipinski definition) is 7. The molecule has 2 aromatic rings. The van der Waals surface area contributed by atoms with Crippen LogP contribution >= 0.6 is 0 Å². The quantitative estimate of drug-likeness (QED) is 0.365. The Kier molecular flexibility index (Phi) is 7.96. The molecule has 0 spiro atoms. The van der Waals surface area contributed by atoms with E-state index >= 15 is 0 Å². The largest absolute Gasteiger partial charge is 2.00 e. The van der Waals surface area contributed by atoms with E-state index in [1.807, 2.05) is 33.8 Å². The van der Waals surface area contributed by atoms with E-state index in [0.717, 1.165) is 4.57 Å². The van der Waals surface area contributed by atoms with Gasteiger partial charge in [0.2, 0.25) is 5.88 Å². The van der Waals surface area contributed by atoms with Crippen molar-refractivity contribution in [2.75, 3.05) is 6.54 Å². The number of fused-ring (bicyclic) bond motifs is 1. The Morgan fingerprint density at radius 2 is 1.67 bits per heavy atom. The van der Waals surface area contributed by atoms with Crippen molar-refractivity contribution in [1.29, 1.82) is 5.26 Å². The van der Waals surface area contributed by atoms with Crippen molar-refractivity contribution in [3.05, 3.63) is 50.8 Å². The van der Waals surface area contributed by atoms with E-state index in [-0.39, 0.29) is 81.5 Å². The minimum Gasteiger partial charge on any atom is -0.493 e. The van der Waals surface area contributed by atoms with Gasteiger partial charge in [0.05, 0.1) is 16.8 Å². The number of aromatic hydroxyl groups is 1. The molecule has 175 valence electrons. The Morgan fingerprint density at radius 1 is 1.03 bits per heavy atom. The standard InChI is InChI=1S/C23H25N5O4.Cu/c1-12(2)10-27-20(29)15-7-6-8-17(18(15)22(27)31)25-26-19-14(5)16(9-24)21(30)28(23(19)32)11-13(3)4;/h6-8,12-13,30H,10-11H2,1-5H3;/q;+2. The monoisotopic (exact) mass is 498 g/mol. The van der Waals surface area contributed by atoms with Gasteiger partial charge in [-0.1, -0.05) is 33.8 Å². The molecule has 2 heterocycles. The van der Waals surface area contributed by atoms with Crippen LogP contribution in [-0.2, 0) is 23.6 Å². The first-order valence-corrected chi connectivity index (χ1v) is 10.4. The van der Waals surface area contributed by atoms with Crippen molar-refractivity contribution in [3.63, 3.8) is 0 Å². The molecule has 0 fully saturated rings. The average Bonchev–Trinajstić information content (AvgIpc) is 2.96. The fraction of sp³-hybridized carbons (Fsp3) is 0.391. The summed E-state index contributed by atoms with van der Waals surface area (Å²) in [7, 11) is 0. The number of imide groups is 1. The fourth-order valence-corrected chi connectivity index (χ4v) is 3.63. The summed E-state index contributed by atoms with van der Waals surface area (Å²) in [6, 6.07) is 6.60. The fourth-order valence-electron chi connectivity index (χ4n) is 3.63. The van der Waals surface area contributed by atoms with Crippen molar-refractivity contribution in [3.8, 4) is 11.9 Å². The van der Waals surface area contributed by atoms with Gasteiger partial charge in [0.1, 0.15) is 11.6 Å². The third-order valence-electron chi connectivity index (χ3n) is 5.10. The van der Waals surface area contributed by atoms with Crippen molar-refractivity contribution in [2.45, 2.75) is 41.2 Å². The minimum atomic E-state index is -0.590. The van der Waals surface area contributed by atoms with Gasteiger partial charge in [-0.3, -0.25) is 23.9 Å². The molecule has 1 aliphatic heterocycles. The molecule has 0 unspecified atom stereocenters. The number of rotatable bonds is 6. The molecular formula is C23H25CuN5O4+2. The van der Waals surface area contributed by atoms with Gasteiger partial charge in [-0.05, 0) is 30.9 Å². The number of carbonyl (C=O) groups is 2. The number of amides is 2. The molecule has 9 nitrogen and oxygen atoms in total. The van der Waals surface area contributed by atoms with E-state index in [1.165, 1.54) is 11.8 Å². The summed E-state index contributed by atoms with van der Waals surface area (Å²) in [6.45, 7) is 9.54. The zero-order valence-corrected chi connectivity index (χ0v) is 20.0. The van der Waals surface area contributed by atoms with Gasteiger partial charge < -0.3 is 5.11 Å². The number of nitriles is 1. The zero-order chi connectivity index (χ0) is 23.7. The molecule has 10 heteroatoms. The summed E-state index contributed by atoms with van der Waals surface area (Å²) in [4.78, 5) is 39.7. The van der Waals surface area contributed by atoms with E-state index < -0.39 is 17.3 Å². The van der Waals surface area contributed by atoms with E-state index in [9.17, 15) is 24.8 Å². The van der Waals surface area contributed by atoms with E-state index in [1.54, 1.807) is 18.2 Å². The molecule has 1 aromatic carbocycles. The van der Waals surface area contributed by atoms with Gasteiger partial charge in [0.15, 0.2) is 5.69 Å². The first kappa shape index (κ1) is 26.0. The van der Waals surface area contributed by atoms with Crippen LogP contribution in [0.15, 0.2) is 33.2 Å². The number of pyridine rings is 1. The first-order valence-electron chi connectivity index (χ1n) is 10.4. The Hall–Kier alpha value is -3.28. The molecule has 0 saturated heterocycles.